The van der Waals surface area contributed by atoms with Gasteiger partial charge >= 0.3 is 0 Å². The zero-order valence-electron chi connectivity index (χ0n) is 28.1. The first-order valence-electron chi connectivity index (χ1n) is 17.7. The summed E-state index contributed by atoms with van der Waals surface area (Å²) in [6, 6.07) is 61.8. The maximum absolute atomic E-state index is 6.88. The molecule has 0 amide bonds. The molecule has 0 aliphatic carbocycles. The van der Waals surface area contributed by atoms with Crippen LogP contribution in [-0.2, 0) is 0 Å². The number of fused-ring (bicyclic) bond motifs is 7. The standard InChI is InChI=1S/C50H30OS/c1-2-13-31(14-3-1)46-34-15-4-6-17-36(34)47(37-18-7-5-16-35(37)46)32-25-26-45-44(29-32)42-23-12-24-43(50(42)51-45)49-40-21-10-8-19-38(40)48(33-27-28-52-30-33)39-20-9-11-22-41(39)49/h1-30H. The van der Waals surface area contributed by atoms with E-state index in [1.165, 1.54) is 82.0 Å². The van der Waals surface area contributed by atoms with Crippen LogP contribution in [0, 0.1) is 0 Å². The molecule has 11 aromatic rings. The molecule has 0 spiro atoms. The number of hydrogen-bond acceptors (Lipinski definition) is 2. The summed E-state index contributed by atoms with van der Waals surface area (Å²) in [5, 5.41) is 16.6. The summed E-state index contributed by atoms with van der Waals surface area (Å²) < 4.78 is 6.88. The first kappa shape index (κ1) is 29.3. The average Bonchev–Trinajstić information content (AvgIpc) is 3.88. The maximum atomic E-state index is 6.88. The van der Waals surface area contributed by atoms with Gasteiger partial charge in [-0.05, 0) is 105 Å². The van der Waals surface area contributed by atoms with Crippen molar-refractivity contribution in [3.05, 3.63) is 181 Å². The molecule has 52 heavy (non-hydrogen) atoms. The van der Waals surface area contributed by atoms with Gasteiger partial charge in [-0.2, -0.15) is 11.3 Å². The minimum absolute atomic E-state index is 0.893. The summed E-state index contributed by atoms with van der Waals surface area (Å²) >= 11 is 1.74. The summed E-state index contributed by atoms with van der Waals surface area (Å²) in [5.74, 6) is 0. The highest BCUT2D eigenvalue weighted by molar-refractivity contribution is 7.08. The third kappa shape index (κ3) is 4.28. The Morgan fingerprint density at radius 3 is 1.35 bits per heavy atom. The molecule has 0 saturated carbocycles. The Morgan fingerprint density at radius 2 is 0.808 bits per heavy atom. The summed E-state index contributed by atoms with van der Waals surface area (Å²) in [4.78, 5) is 0. The quantitative estimate of drug-likeness (QED) is 0.169. The molecule has 2 heteroatoms. The second kappa shape index (κ2) is 11.5. The van der Waals surface area contributed by atoms with Gasteiger partial charge in [0.05, 0.1) is 0 Å². The van der Waals surface area contributed by atoms with Crippen LogP contribution in [-0.4, -0.2) is 0 Å². The van der Waals surface area contributed by atoms with E-state index in [-0.39, 0.29) is 0 Å². The van der Waals surface area contributed by atoms with Gasteiger partial charge in [0, 0.05) is 21.9 Å². The van der Waals surface area contributed by atoms with Crippen molar-refractivity contribution < 1.29 is 4.42 Å². The molecule has 0 aliphatic heterocycles. The largest absolute Gasteiger partial charge is 0.455 e. The molecule has 0 saturated heterocycles. The highest BCUT2D eigenvalue weighted by atomic mass is 32.1. The van der Waals surface area contributed by atoms with Crippen molar-refractivity contribution in [2.24, 2.45) is 0 Å². The lowest BCUT2D eigenvalue weighted by atomic mass is 9.85. The monoisotopic (exact) mass is 678 g/mol. The molecular weight excluding hydrogens is 649 g/mol. The van der Waals surface area contributed by atoms with Crippen LogP contribution in [0.1, 0.15) is 0 Å². The molecule has 242 valence electrons. The van der Waals surface area contributed by atoms with E-state index in [1.807, 2.05) is 0 Å². The third-order valence-electron chi connectivity index (χ3n) is 10.8. The topological polar surface area (TPSA) is 13.1 Å². The molecule has 2 aromatic heterocycles. The molecule has 0 fully saturated rings. The van der Waals surface area contributed by atoms with Gasteiger partial charge in [-0.1, -0.05) is 152 Å². The Bertz CT molecular complexity index is 3050. The van der Waals surface area contributed by atoms with Crippen LogP contribution >= 0.6 is 11.3 Å². The summed E-state index contributed by atoms with van der Waals surface area (Å²) in [5.41, 5.74) is 11.6. The summed E-state index contributed by atoms with van der Waals surface area (Å²) in [6.45, 7) is 0. The van der Waals surface area contributed by atoms with Gasteiger partial charge in [0.2, 0.25) is 0 Å². The van der Waals surface area contributed by atoms with Gasteiger partial charge in [0.15, 0.2) is 0 Å². The van der Waals surface area contributed by atoms with Crippen molar-refractivity contribution in [2.75, 3.05) is 0 Å². The normalized spacial score (nSPS) is 11.8. The minimum atomic E-state index is 0.893. The van der Waals surface area contributed by atoms with E-state index >= 15 is 0 Å². The number of para-hydroxylation sites is 1. The lowest BCUT2D eigenvalue weighted by molar-refractivity contribution is 0.670. The fourth-order valence-electron chi connectivity index (χ4n) is 8.64. The van der Waals surface area contributed by atoms with Gasteiger partial charge in [-0.3, -0.25) is 0 Å². The molecule has 11 rings (SSSR count). The highest BCUT2D eigenvalue weighted by Gasteiger charge is 2.22. The van der Waals surface area contributed by atoms with E-state index in [0.717, 1.165) is 27.5 Å². The third-order valence-corrected chi connectivity index (χ3v) is 11.5. The van der Waals surface area contributed by atoms with E-state index in [4.69, 9.17) is 4.42 Å². The molecule has 0 N–H and O–H groups in total. The predicted molar refractivity (Wildman–Crippen MR) is 223 cm³/mol. The zero-order chi connectivity index (χ0) is 34.2. The van der Waals surface area contributed by atoms with Crippen LogP contribution in [0.2, 0.25) is 0 Å². The zero-order valence-corrected chi connectivity index (χ0v) is 29.0. The molecule has 0 unspecified atom stereocenters. The van der Waals surface area contributed by atoms with E-state index in [0.29, 0.717) is 0 Å². The molecule has 0 bridgehead atoms. The van der Waals surface area contributed by atoms with Crippen molar-refractivity contribution in [3.8, 4) is 44.5 Å². The van der Waals surface area contributed by atoms with E-state index in [1.54, 1.807) is 11.3 Å². The number of furan rings is 1. The number of hydrogen-bond donors (Lipinski definition) is 0. The van der Waals surface area contributed by atoms with Crippen LogP contribution in [0.3, 0.4) is 0 Å². The van der Waals surface area contributed by atoms with E-state index in [2.05, 4.69) is 181 Å². The second-order valence-electron chi connectivity index (χ2n) is 13.6. The first-order valence-corrected chi connectivity index (χ1v) is 18.7. The van der Waals surface area contributed by atoms with Gasteiger partial charge in [-0.15, -0.1) is 0 Å². The fourth-order valence-corrected chi connectivity index (χ4v) is 9.29. The molecule has 9 aromatic carbocycles. The Balaban J connectivity index is 1.18. The van der Waals surface area contributed by atoms with Crippen molar-refractivity contribution >= 4 is 76.4 Å². The van der Waals surface area contributed by atoms with Crippen molar-refractivity contribution in [1.82, 2.24) is 0 Å². The molecule has 2 heterocycles. The predicted octanol–water partition coefficient (Wildman–Crippen LogP) is 14.9. The van der Waals surface area contributed by atoms with Crippen molar-refractivity contribution in [2.45, 2.75) is 0 Å². The fraction of sp³-hybridized carbons (Fsp3) is 0. The minimum Gasteiger partial charge on any atom is -0.455 e. The van der Waals surface area contributed by atoms with Gasteiger partial charge in [0.1, 0.15) is 11.2 Å². The van der Waals surface area contributed by atoms with Crippen LogP contribution in [0.15, 0.2) is 185 Å². The number of rotatable bonds is 4. The second-order valence-corrected chi connectivity index (χ2v) is 14.3. The Hall–Kier alpha value is -6.48. The van der Waals surface area contributed by atoms with E-state index in [9.17, 15) is 0 Å². The maximum Gasteiger partial charge on any atom is 0.143 e. The summed E-state index contributed by atoms with van der Waals surface area (Å²) in [6.07, 6.45) is 0. The molecule has 1 nitrogen and oxygen atoms in total. The van der Waals surface area contributed by atoms with Crippen molar-refractivity contribution in [1.29, 1.82) is 0 Å². The molecule has 0 radical (unpaired) electrons. The van der Waals surface area contributed by atoms with Gasteiger partial charge in [0.25, 0.3) is 0 Å². The lowest BCUT2D eigenvalue weighted by Gasteiger charge is -2.17. The van der Waals surface area contributed by atoms with Gasteiger partial charge < -0.3 is 4.42 Å². The smallest absolute Gasteiger partial charge is 0.143 e. The number of benzene rings is 9. The van der Waals surface area contributed by atoms with Crippen LogP contribution in [0.25, 0.3) is 110 Å². The lowest BCUT2D eigenvalue weighted by Crippen LogP contribution is -1.90. The Morgan fingerprint density at radius 1 is 0.327 bits per heavy atom. The molecular formula is C50H30OS. The Kier molecular flexibility index (Phi) is 6.49. The molecule has 0 aliphatic rings. The van der Waals surface area contributed by atoms with Crippen LogP contribution in [0.5, 0.6) is 0 Å². The van der Waals surface area contributed by atoms with Crippen LogP contribution < -0.4 is 0 Å². The summed E-state index contributed by atoms with van der Waals surface area (Å²) in [7, 11) is 0. The highest BCUT2D eigenvalue weighted by Crippen LogP contribution is 2.48. The van der Waals surface area contributed by atoms with E-state index < -0.39 is 0 Å². The SMILES string of the molecule is c1ccc(-c2c3ccccc3c(-c3ccc4oc5c(-c6c7ccccc7c(-c7ccsc7)c7ccccc67)cccc5c4c3)c3ccccc23)cc1. The number of thiophene rings is 1. The van der Waals surface area contributed by atoms with Gasteiger partial charge in [-0.25, -0.2) is 0 Å². The van der Waals surface area contributed by atoms with Crippen LogP contribution in [0.4, 0.5) is 0 Å². The average molecular weight is 679 g/mol. The van der Waals surface area contributed by atoms with Crippen molar-refractivity contribution in [3.63, 3.8) is 0 Å². The first-order chi connectivity index (χ1) is 25.8. The Labute approximate surface area is 304 Å². The molecule has 0 atom stereocenters.